The largest absolute Gasteiger partial charge is 0.330 e. The molecule has 0 saturated heterocycles. The van der Waals surface area contributed by atoms with Crippen molar-refractivity contribution in [2.45, 2.75) is 42.4 Å². The maximum absolute atomic E-state index is 12.0. The summed E-state index contributed by atoms with van der Waals surface area (Å²) in [7, 11) is -3.26. The maximum Gasteiger partial charge on any atom is 0.175 e. The van der Waals surface area contributed by atoms with E-state index >= 15 is 0 Å². The van der Waals surface area contributed by atoms with Crippen LogP contribution in [0.4, 0.5) is 0 Å². The Hall–Kier alpha value is -0.580. The second kappa shape index (κ2) is 5.43. The first kappa shape index (κ1) is 14.8. The summed E-state index contributed by atoms with van der Waals surface area (Å²) >= 11 is 6.07. The van der Waals surface area contributed by atoms with Gasteiger partial charge < -0.3 is 5.73 Å². The minimum absolute atomic E-state index is 0.235. The molecule has 0 radical (unpaired) electrons. The molecule has 1 saturated carbocycles. The average Bonchev–Trinajstić information content (AvgIpc) is 2.38. The Labute approximate surface area is 120 Å². The first-order valence-corrected chi connectivity index (χ1v) is 8.86. The van der Waals surface area contributed by atoms with Crippen molar-refractivity contribution < 1.29 is 8.42 Å². The normalized spacial score (nSPS) is 19.3. The Morgan fingerprint density at radius 3 is 2.42 bits per heavy atom. The predicted octanol–water partition coefficient (Wildman–Crippen LogP) is 2.90. The SMILES string of the molecule is CS(=O)(=O)c1ccc(Cl)cc1C1(CN)CCCCC1. The van der Waals surface area contributed by atoms with Crippen molar-refractivity contribution in [3.8, 4) is 0 Å². The number of nitrogens with two attached hydrogens (primary N) is 1. The summed E-state index contributed by atoms with van der Waals surface area (Å²) in [6, 6.07) is 5.03. The van der Waals surface area contributed by atoms with Crippen LogP contribution < -0.4 is 5.73 Å². The Kier molecular flexibility index (Phi) is 4.23. The first-order chi connectivity index (χ1) is 8.89. The smallest absolute Gasteiger partial charge is 0.175 e. The van der Waals surface area contributed by atoms with Crippen molar-refractivity contribution in [1.29, 1.82) is 0 Å². The molecule has 0 heterocycles. The number of halogens is 1. The summed E-state index contributed by atoms with van der Waals surface area (Å²) in [5, 5.41) is 0.570. The third-order valence-electron chi connectivity index (χ3n) is 4.11. The topological polar surface area (TPSA) is 60.2 Å². The molecule has 0 aromatic heterocycles. The average molecular weight is 302 g/mol. The molecule has 1 fully saturated rings. The summed E-state index contributed by atoms with van der Waals surface area (Å²) in [6.45, 7) is 0.468. The van der Waals surface area contributed by atoms with Gasteiger partial charge in [0.05, 0.1) is 4.90 Å². The standard InChI is InChI=1S/C14H20ClNO2S/c1-19(17,18)13-6-5-11(15)9-12(13)14(10-16)7-3-2-4-8-14/h5-6,9H,2-4,7-8,10,16H2,1H3. The van der Waals surface area contributed by atoms with E-state index in [1.54, 1.807) is 18.2 Å². The highest BCUT2D eigenvalue weighted by Gasteiger charge is 2.36. The fourth-order valence-corrected chi connectivity index (χ4v) is 4.21. The molecule has 106 valence electrons. The fraction of sp³-hybridized carbons (Fsp3) is 0.571. The zero-order chi connectivity index (χ0) is 14.1. The van der Waals surface area contributed by atoms with Crippen LogP contribution in [0.25, 0.3) is 0 Å². The lowest BCUT2D eigenvalue weighted by molar-refractivity contribution is 0.296. The molecule has 2 rings (SSSR count). The van der Waals surface area contributed by atoms with Crippen LogP contribution in [-0.4, -0.2) is 21.2 Å². The van der Waals surface area contributed by atoms with E-state index in [9.17, 15) is 8.42 Å². The Balaban J connectivity index is 2.62. The van der Waals surface area contributed by atoms with Gasteiger partial charge in [-0.05, 0) is 36.6 Å². The van der Waals surface area contributed by atoms with Crippen LogP contribution in [0.15, 0.2) is 23.1 Å². The second-order valence-electron chi connectivity index (χ2n) is 5.46. The van der Waals surface area contributed by atoms with Crippen LogP contribution in [-0.2, 0) is 15.3 Å². The van der Waals surface area contributed by atoms with Crippen molar-refractivity contribution in [3.63, 3.8) is 0 Å². The van der Waals surface area contributed by atoms with E-state index in [-0.39, 0.29) is 5.41 Å². The van der Waals surface area contributed by atoms with Crippen LogP contribution >= 0.6 is 11.6 Å². The summed E-state index contributed by atoms with van der Waals surface area (Å²) in [5.74, 6) is 0. The van der Waals surface area contributed by atoms with E-state index in [0.29, 0.717) is 16.5 Å². The van der Waals surface area contributed by atoms with Crippen LogP contribution in [0.3, 0.4) is 0 Å². The summed E-state index contributed by atoms with van der Waals surface area (Å²) in [4.78, 5) is 0.379. The molecule has 2 N–H and O–H groups in total. The molecule has 1 aliphatic carbocycles. The molecule has 1 aromatic rings. The molecule has 19 heavy (non-hydrogen) atoms. The molecule has 0 atom stereocenters. The highest BCUT2D eigenvalue weighted by molar-refractivity contribution is 7.90. The molecule has 0 unspecified atom stereocenters. The molecule has 1 aromatic carbocycles. The zero-order valence-electron chi connectivity index (χ0n) is 11.2. The van der Waals surface area contributed by atoms with Gasteiger partial charge in [0.2, 0.25) is 0 Å². The lowest BCUT2D eigenvalue weighted by atomic mass is 9.69. The predicted molar refractivity (Wildman–Crippen MR) is 78.4 cm³/mol. The van der Waals surface area contributed by atoms with Gasteiger partial charge in [-0.15, -0.1) is 0 Å². The quantitative estimate of drug-likeness (QED) is 0.934. The van der Waals surface area contributed by atoms with E-state index in [1.807, 2.05) is 0 Å². The van der Waals surface area contributed by atoms with Crippen molar-refractivity contribution in [2.24, 2.45) is 5.73 Å². The van der Waals surface area contributed by atoms with Gasteiger partial charge >= 0.3 is 0 Å². The van der Waals surface area contributed by atoms with Gasteiger partial charge in [-0.25, -0.2) is 8.42 Å². The van der Waals surface area contributed by atoms with Gasteiger partial charge in [-0.1, -0.05) is 30.9 Å². The number of benzene rings is 1. The summed E-state index contributed by atoms with van der Waals surface area (Å²) in [5.41, 5.74) is 6.57. The van der Waals surface area contributed by atoms with Crippen LogP contribution in [0, 0.1) is 0 Å². The first-order valence-electron chi connectivity index (χ1n) is 6.59. The molecule has 0 aliphatic heterocycles. The molecule has 0 bridgehead atoms. The minimum atomic E-state index is -3.26. The van der Waals surface area contributed by atoms with Crippen LogP contribution in [0.2, 0.25) is 5.02 Å². The molecular weight excluding hydrogens is 282 g/mol. The number of rotatable bonds is 3. The van der Waals surface area contributed by atoms with Crippen molar-refractivity contribution in [1.82, 2.24) is 0 Å². The monoisotopic (exact) mass is 301 g/mol. The maximum atomic E-state index is 12.0. The van der Waals surface area contributed by atoms with Gasteiger partial charge in [0, 0.05) is 23.2 Å². The van der Waals surface area contributed by atoms with Crippen LogP contribution in [0.5, 0.6) is 0 Å². The minimum Gasteiger partial charge on any atom is -0.330 e. The van der Waals surface area contributed by atoms with E-state index in [0.717, 1.165) is 31.2 Å². The summed E-state index contributed by atoms with van der Waals surface area (Å²) in [6.07, 6.45) is 6.49. The van der Waals surface area contributed by atoms with E-state index < -0.39 is 9.84 Å². The highest BCUT2D eigenvalue weighted by atomic mass is 35.5. The Morgan fingerprint density at radius 2 is 1.89 bits per heavy atom. The zero-order valence-corrected chi connectivity index (χ0v) is 12.7. The number of sulfone groups is 1. The fourth-order valence-electron chi connectivity index (χ4n) is 3.05. The Morgan fingerprint density at radius 1 is 1.26 bits per heavy atom. The van der Waals surface area contributed by atoms with Crippen molar-refractivity contribution >= 4 is 21.4 Å². The van der Waals surface area contributed by atoms with Gasteiger partial charge in [-0.2, -0.15) is 0 Å². The van der Waals surface area contributed by atoms with E-state index in [2.05, 4.69) is 0 Å². The number of hydrogen-bond acceptors (Lipinski definition) is 3. The molecular formula is C14H20ClNO2S. The second-order valence-corrected chi connectivity index (χ2v) is 7.88. The van der Waals surface area contributed by atoms with E-state index in [1.165, 1.54) is 12.7 Å². The van der Waals surface area contributed by atoms with Crippen LogP contribution in [0.1, 0.15) is 37.7 Å². The van der Waals surface area contributed by atoms with Crippen molar-refractivity contribution in [3.05, 3.63) is 28.8 Å². The van der Waals surface area contributed by atoms with Crippen molar-refractivity contribution in [2.75, 3.05) is 12.8 Å². The van der Waals surface area contributed by atoms with E-state index in [4.69, 9.17) is 17.3 Å². The Bertz CT molecular complexity index is 563. The van der Waals surface area contributed by atoms with Gasteiger partial charge in [0.1, 0.15) is 0 Å². The highest BCUT2D eigenvalue weighted by Crippen LogP contribution is 2.42. The van der Waals surface area contributed by atoms with Gasteiger partial charge in [0.15, 0.2) is 9.84 Å². The molecule has 5 heteroatoms. The molecule has 0 spiro atoms. The summed E-state index contributed by atoms with van der Waals surface area (Å²) < 4.78 is 24.0. The molecule has 1 aliphatic rings. The molecule has 3 nitrogen and oxygen atoms in total. The number of hydrogen-bond donors (Lipinski definition) is 1. The van der Waals surface area contributed by atoms with Gasteiger partial charge in [0.25, 0.3) is 0 Å². The lowest BCUT2D eigenvalue weighted by Crippen LogP contribution is -2.38. The third kappa shape index (κ3) is 2.96. The van der Waals surface area contributed by atoms with Gasteiger partial charge in [-0.3, -0.25) is 0 Å². The molecule has 0 amide bonds. The lowest BCUT2D eigenvalue weighted by Gasteiger charge is -2.38. The third-order valence-corrected chi connectivity index (χ3v) is 5.50.